The van der Waals surface area contributed by atoms with Gasteiger partial charge in [0.2, 0.25) is 11.8 Å². The van der Waals surface area contributed by atoms with Crippen LogP contribution in [0, 0.1) is 0 Å². The quantitative estimate of drug-likeness (QED) is 0.0166. The molecule has 4 atom stereocenters. The molecular formula is C49H56N14O12S6+2. The molecule has 32 heteroatoms. The zero-order valence-corrected chi connectivity index (χ0v) is 48.8. The van der Waals surface area contributed by atoms with Crippen molar-refractivity contribution in [1.29, 1.82) is 0 Å². The van der Waals surface area contributed by atoms with E-state index in [1.54, 1.807) is 55.9 Å². The van der Waals surface area contributed by atoms with Crippen molar-refractivity contribution < 1.29 is 67.4 Å². The lowest BCUT2D eigenvalue weighted by molar-refractivity contribution is -0.689. The number of carbonyl (C=O) groups is 8. The fraction of sp³-hybridized carbons (Fsp3) is 0.388. The lowest BCUT2D eigenvalue weighted by atomic mass is 10.0. The van der Waals surface area contributed by atoms with Gasteiger partial charge in [0.05, 0.1) is 11.5 Å². The zero-order chi connectivity index (χ0) is 58.1. The van der Waals surface area contributed by atoms with Crippen LogP contribution in [0.4, 0.5) is 16.0 Å². The number of β-lactam (4-membered cyclic amide) rings is 2. The molecule has 0 saturated carbocycles. The molecule has 8 N–H and O–H groups in total. The van der Waals surface area contributed by atoms with Crippen molar-refractivity contribution in [3.63, 3.8) is 0 Å². The van der Waals surface area contributed by atoms with Crippen LogP contribution in [-0.2, 0) is 67.7 Å². The lowest BCUT2D eigenvalue weighted by Crippen LogP contribution is -2.71. The van der Waals surface area contributed by atoms with Crippen LogP contribution in [0.5, 0.6) is 0 Å². The number of nitrogens with zero attached hydrogens (tertiary/aromatic N) is 10. The minimum Gasteiger partial charge on any atom is -0.477 e. The minimum atomic E-state index is -1.29. The molecular weight excluding hydrogens is 1170 g/mol. The summed E-state index contributed by atoms with van der Waals surface area (Å²) in [5.74, 6) is -3.15. The van der Waals surface area contributed by atoms with Gasteiger partial charge >= 0.3 is 11.9 Å². The Morgan fingerprint density at radius 3 is 1.68 bits per heavy atom. The summed E-state index contributed by atoms with van der Waals surface area (Å²) in [7, 11) is 2.52. The van der Waals surface area contributed by atoms with Gasteiger partial charge in [0, 0.05) is 82.8 Å². The number of carbonyl (C=O) groups excluding carboxylic acids is 6. The molecule has 0 aliphatic carbocycles. The highest BCUT2D eigenvalue weighted by molar-refractivity contribution is 8.03. The predicted octanol–water partition coefficient (Wildman–Crippen LogP) is 0.786. The van der Waals surface area contributed by atoms with Gasteiger partial charge in [0.15, 0.2) is 59.6 Å². The Bertz CT molecular complexity index is 3240. The number of rotatable bonds is 26. The molecule has 26 nitrogen and oxygen atoms in total. The summed E-state index contributed by atoms with van der Waals surface area (Å²) in [6.07, 6.45) is 7.09. The van der Waals surface area contributed by atoms with Crippen LogP contribution in [0.25, 0.3) is 0 Å². The molecule has 0 aromatic carbocycles. The monoisotopic (exact) mass is 1220 g/mol. The summed E-state index contributed by atoms with van der Waals surface area (Å²) < 4.78 is 3.56. The smallest absolute Gasteiger partial charge is 0.352 e. The van der Waals surface area contributed by atoms with Crippen molar-refractivity contribution >= 4 is 144 Å². The molecule has 8 rings (SSSR count). The van der Waals surface area contributed by atoms with Gasteiger partial charge < -0.3 is 51.8 Å². The lowest BCUT2D eigenvalue weighted by Gasteiger charge is -2.49. The highest BCUT2D eigenvalue weighted by atomic mass is 32.2. The number of nitrogen functional groups attached to an aromatic ring is 2. The highest BCUT2D eigenvalue weighted by Crippen LogP contribution is 2.42. The maximum atomic E-state index is 13.5. The Morgan fingerprint density at radius 1 is 0.741 bits per heavy atom. The molecule has 4 aromatic heterocycles. The normalized spacial score (nSPS) is 18.8. The number of carboxylic acids is 2. The Labute approximate surface area is 488 Å². The van der Waals surface area contributed by atoms with E-state index in [9.17, 15) is 48.6 Å². The summed E-state index contributed by atoms with van der Waals surface area (Å²) >= 11 is 7.77. The fourth-order valence-electron chi connectivity index (χ4n) is 9.02. The molecule has 8 heterocycles. The maximum Gasteiger partial charge on any atom is 0.352 e. The van der Waals surface area contributed by atoms with E-state index in [2.05, 4.69) is 30.9 Å². The number of aliphatic carboxylic acids is 2. The average molecular weight is 1230 g/mol. The first-order valence-corrected chi connectivity index (χ1v) is 30.9. The number of thiazole rings is 2. The van der Waals surface area contributed by atoms with Crippen LogP contribution in [0.3, 0.4) is 0 Å². The molecule has 2 fully saturated rings. The van der Waals surface area contributed by atoms with Gasteiger partial charge in [-0.3, -0.25) is 38.6 Å². The molecule has 4 aliphatic heterocycles. The first-order valence-electron chi connectivity index (χ1n) is 24.7. The number of pyridine rings is 2. The minimum absolute atomic E-state index is 0.0482. The van der Waals surface area contributed by atoms with Gasteiger partial charge in [0.1, 0.15) is 65.5 Å². The zero-order valence-electron chi connectivity index (χ0n) is 43.9. The van der Waals surface area contributed by atoms with Crippen LogP contribution in [-0.4, -0.2) is 178 Å². The van der Waals surface area contributed by atoms with Crippen molar-refractivity contribution in [3.05, 3.63) is 99.3 Å². The number of thioether (sulfide) groups is 4. The molecule has 81 heavy (non-hydrogen) atoms. The van der Waals surface area contributed by atoms with Crippen molar-refractivity contribution in [3.8, 4) is 0 Å². The molecule has 4 aliphatic rings. The number of hydrogen-bond donors (Lipinski definition) is 6. The Hall–Kier alpha value is -7.26. The number of hydrogen-bond acceptors (Lipinski definition) is 22. The van der Waals surface area contributed by atoms with Gasteiger partial charge in [-0.25, -0.2) is 24.1 Å². The summed E-state index contributed by atoms with van der Waals surface area (Å²) in [4.78, 5) is 129. The van der Waals surface area contributed by atoms with E-state index in [0.29, 0.717) is 48.0 Å². The number of oxime groups is 2. The number of carboxylic acid groups (broad SMARTS) is 2. The van der Waals surface area contributed by atoms with Crippen LogP contribution in [0.1, 0.15) is 30.8 Å². The summed E-state index contributed by atoms with van der Waals surface area (Å²) in [6.45, 7) is 5.26. The Kier molecular flexibility index (Phi) is 20.0. The molecule has 428 valence electrons. The molecule has 2 saturated heterocycles. The molecule has 0 bridgehead atoms. The van der Waals surface area contributed by atoms with E-state index in [1.807, 2.05) is 26.0 Å². The van der Waals surface area contributed by atoms with Crippen LogP contribution in [0.2, 0.25) is 0 Å². The molecule has 4 aromatic rings. The van der Waals surface area contributed by atoms with Crippen LogP contribution in [0.15, 0.2) is 92.7 Å². The summed E-state index contributed by atoms with van der Waals surface area (Å²) in [5.41, 5.74) is 13.6. The number of aromatic nitrogens is 4. The van der Waals surface area contributed by atoms with Gasteiger partial charge in [0.25, 0.3) is 23.6 Å². The second kappa shape index (κ2) is 27.0. The van der Waals surface area contributed by atoms with Crippen molar-refractivity contribution in [2.75, 3.05) is 78.2 Å². The SMILES string of the molecule is CCN(Cc1cc[n+](CC2=C(C(=O)O)N3C(=O)C(NC(=O)C(=NOC)c4csc(N)n4)C3SC2)cc1)C(=O)CSCCSCC(=O)N(CC)c1ccc[n+](CC2=C(C(=O)O)N3C(=O)C(NC(=O)C(=NOC)c4csc(N)n4)C3SC2)c1. The van der Waals surface area contributed by atoms with Crippen molar-refractivity contribution in [2.24, 2.45) is 10.3 Å². The largest absolute Gasteiger partial charge is 0.477 e. The number of nitrogens with two attached hydrogens (primary N) is 2. The predicted molar refractivity (Wildman–Crippen MR) is 307 cm³/mol. The molecule has 6 amide bonds. The van der Waals surface area contributed by atoms with Crippen LogP contribution < -0.4 is 36.1 Å². The van der Waals surface area contributed by atoms with Gasteiger partial charge in [-0.1, -0.05) is 10.3 Å². The molecule has 4 unspecified atom stereocenters. The van der Waals surface area contributed by atoms with E-state index in [-0.39, 0.29) is 92.4 Å². The summed E-state index contributed by atoms with van der Waals surface area (Å²) in [6, 6.07) is 5.24. The van der Waals surface area contributed by atoms with Crippen molar-refractivity contribution in [1.82, 2.24) is 35.3 Å². The van der Waals surface area contributed by atoms with E-state index in [1.165, 1.54) is 81.8 Å². The third kappa shape index (κ3) is 13.6. The summed E-state index contributed by atoms with van der Waals surface area (Å²) in [5, 5.41) is 35.5. The molecule has 0 spiro atoms. The number of fused-ring (bicyclic) bond motifs is 2. The number of nitrogens with one attached hydrogen (secondary N) is 2. The Balaban J connectivity index is 0.773. The highest BCUT2D eigenvalue weighted by Gasteiger charge is 2.56. The molecule has 0 radical (unpaired) electrons. The van der Waals surface area contributed by atoms with E-state index in [4.69, 9.17) is 21.1 Å². The second-order valence-corrected chi connectivity index (χ2v) is 24.1. The van der Waals surface area contributed by atoms with E-state index < -0.39 is 58.4 Å². The van der Waals surface area contributed by atoms with Gasteiger partial charge in [-0.15, -0.1) is 46.2 Å². The number of amides is 6. The average Bonchev–Trinajstić information content (AvgIpc) is 4.25. The fourth-order valence-corrected chi connectivity index (χ4v) is 14.7. The standard InChI is InChI=1S/C49H54N14O12S6/c1-5-60(16-26-9-12-58(13-10-26)17-27-20-78-44-36(42(68)62(44)38(27)46(70)71)54-40(66)34(56-74-3)30-22-80-48(50)52-30)32(64)24-76-14-15-77-25-33(65)61(6-2)29-8-7-11-59(19-29)18-28-21-79-45-37(43(69)63(45)39(28)47(72)73)55-41(67)35(57-75-4)31-23-81-49(51)53-31/h7-13,19,22-23,36-37,44-45H,5-6,14-18,20-21,24-25H2,1-4H3,(H6-2,50,51,52,53,54,55,66,67,70,71,72,73)/p+2. The van der Waals surface area contributed by atoms with E-state index >= 15 is 0 Å². The first kappa shape index (κ1) is 59.9. The second-order valence-electron chi connectivity index (χ2n) is 17.9. The Morgan fingerprint density at radius 2 is 1.23 bits per heavy atom. The third-order valence-corrected chi connectivity index (χ3v) is 19.0. The topological polar surface area (TPSA) is 343 Å². The van der Waals surface area contributed by atoms with Crippen molar-refractivity contribution in [2.45, 2.75) is 56.3 Å². The van der Waals surface area contributed by atoms with Gasteiger partial charge in [-0.05, 0) is 25.5 Å². The van der Waals surface area contributed by atoms with Crippen LogP contribution >= 0.6 is 69.7 Å². The van der Waals surface area contributed by atoms with Gasteiger partial charge in [-0.2, -0.15) is 28.1 Å². The van der Waals surface area contributed by atoms with E-state index in [0.717, 1.165) is 28.2 Å². The maximum absolute atomic E-state index is 13.5. The first-order chi connectivity index (χ1) is 39.0. The third-order valence-electron chi connectivity index (χ3n) is 12.8. The number of anilines is 3.